The molecule has 1 rings (SSSR count). The Labute approximate surface area is 77.7 Å². The highest BCUT2D eigenvalue weighted by Crippen LogP contribution is 2.16. The standard InChI is InChI=1S/C10H13NO2/c1-3-6-13-10-5-4-8(2)11-9(10)7-12/h3-5,12H,1,6-7H2,2H3. The molecule has 0 aliphatic rings. The van der Waals surface area contributed by atoms with Gasteiger partial charge >= 0.3 is 0 Å². The van der Waals surface area contributed by atoms with Gasteiger partial charge in [-0.25, -0.2) is 0 Å². The Kier molecular flexibility index (Phi) is 3.46. The number of aryl methyl sites for hydroxylation is 1. The molecule has 70 valence electrons. The number of pyridine rings is 1. The maximum Gasteiger partial charge on any atom is 0.143 e. The molecule has 0 atom stereocenters. The van der Waals surface area contributed by atoms with Gasteiger partial charge in [0.2, 0.25) is 0 Å². The molecule has 3 heteroatoms. The summed E-state index contributed by atoms with van der Waals surface area (Å²) in [6.07, 6.45) is 1.65. The van der Waals surface area contributed by atoms with Crippen molar-refractivity contribution < 1.29 is 9.84 Å². The first kappa shape index (κ1) is 9.74. The summed E-state index contributed by atoms with van der Waals surface area (Å²) in [5.74, 6) is 0.619. The zero-order valence-electron chi connectivity index (χ0n) is 7.66. The fourth-order valence-corrected chi connectivity index (χ4v) is 0.991. The van der Waals surface area contributed by atoms with Gasteiger partial charge < -0.3 is 9.84 Å². The van der Waals surface area contributed by atoms with E-state index in [-0.39, 0.29) is 6.61 Å². The highest BCUT2D eigenvalue weighted by molar-refractivity contribution is 5.28. The number of aromatic nitrogens is 1. The van der Waals surface area contributed by atoms with Crippen molar-refractivity contribution in [3.05, 3.63) is 36.2 Å². The van der Waals surface area contributed by atoms with Crippen molar-refractivity contribution in [2.45, 2.75) is 13.5 Å². The van der Waals surface area contributed by atoms with Gasteiger partial charge in [-0.05, 0) is 19.1 Å². The van der Waals surface area contributed by atoms with Crippen molar-refractivity contribution in [3.63, 3.8) is 0 Å². The summed E-state index contributed by atoms with van der Waals surface area (Å²) in [7, 11) is 0. The SMILES string of the molecule is C=CCOc1ccc(C)nc1CO. The lowest BCUT2D eigenvalue weighted by atomic mass is 10.3. The van der Waals surface area contributed by atoms with Gasteiger partial charge in [0.15, 0.2) is 0 Å². The van der Waals surface area contributed by atoms with Crippen LogP contribution in [0, 0.1) is 6.92 Å². The Morgan fingerprint density at radius 1 is 1.62 bits per heavy atom. The number of nitrogens with zero attached hydrogens (tertiary/aromatic N) is 1. The van der Waals surface area contributed by atoms with Gasteiger partial charge in [-0.3, -0.25) is 4.98 Å². The Bertz CT molecular complexity index is 297. The highest BCUT2D eigenvalue weighted by atomic mass is 16.5. The molecule has 1 heterocycles. The molecule has 0 unspecified atom stereocenters. The molecule has 0 bridgehead atoms. The van der Waals surface area contributed by atoms with E-state index in [0.29, 0.717) is 18.1 Å². The largest absolute Gasteiger partial charge is 0.488 e. The normalized spacial score (nSPS) is 9.69. The fraction of sp³-hybridized carbons (Fsp3) is 0.300. The molecule has 0 aromatic carbocycles. The Morgan fingerprint density at radius 2 is 2.38 bits per heavy atom. The zero-order chi connectivity index (χ0) is 9.68. The smallest absolute Gasteiger partial charge is 0.143 e. The van der Waals surface area contributed by atoms with Crippen molar-refractivity contribution >= 4 is 0 Å². The van der Waals surface area contributed by atoms with Gasteiger partial charge in [0.25, 0.3) is 0 Å². The molecule has 0 fully saturated rings. The molecule has 0 amide bonds. The van der Waals surface area contributed by atoms with Crippen LogP contribution in [0.25, 0.3) is 0 Å². The molecule has 0 aliphatic heterocycles. The Hall–Kier alpha value is -1.35. The van der Waals surface area contributed by atoms with Crippen LogP contribution >= 0.6 is 0 Å². The summed E-state index contributed by atoms with van der Waals surface area (Å²) in [6, 6.07) is 3.65. The van der Waals surface area contributed by atoms with Crippen LogP contribution in [0.4, 0.5) is 0 Å². The van der Waals surface area contributed by atoms with E-state index < -0.39 is 0 Å². The number of rotatable bonds is 4. The van der Waals surface area contributed by atoms with Crippen LogP contribution < -0.4 is 4.74 Å². The maximum atomic E-state index is 8.97. The number of aliphatic hydroxyl groups is 1. The summed E-state index contributed by atoms with van der Waals surface area (Å²) >= 11 is 0. The lowest BCUT2D eigenvalue weighted by Crippen LogP contribution is -2.00. The second kappa shape index (κ2) is 4.62. The molecule has 0 radical (unpaired) electrons. The molecule has 0 saturated heterocycles. The third kappa shape index (κ3) is 2.56. The van der Waals surface area contributed by atoms with E-state index in [1.54, 1.807) is 12.1 Å². The minimum absolute atomic E-state index is 0.103. The molecule has 13 heavy (non-hydrogen) atoms. The predicted octanol–water partition coefficient (Wildman–Crippen LogP) is 1.45. The molecular weight excluding hydrogens is 166 g/mol. The second-order valence-corrected chi connectivity index (χ2v) is 2.66. The van der Waals surface area contributed by atoms with Crippen LogP contribution in [-0.4, -0.2) is 16.7 Å². The van der Waals surface area contributed by atoms with Gasteiger partial charge in [-0.2, -0.15) is 0 Å². The van der Waals surface area contributed by atoms with Crippen molar-refractivity contribution in [3.8, 4) is 5.75 Å². The summed E-state index contributed by atoms with van der Waals surface area (Å²) in [6.45, 7) is 5.74. The van der Waals surface area contributed by atoms with Gasteiger partial charge in [0.05, 0.1) is 6.61 Å². The van der Waals surface area contributed by atoms with E-state index in [9.17, 15) is 0 Å². The third-order valence-electron chi connectivity index (χ3n) is 1.58. The van der Waals surface area contributed by atoms with Gasteiger partial charge in [-0.15, -0.1) is 0 Å². The first-order valence-electron chi connectivity index (χ1n) is 4.09. The van der Waals surface area contributed by atoms with E-state index in [0.717, 1.165) is 5.69 Å². The Morgan fingerprint density at radius 3 is 3.00 bits per heavy atom. The average molecular weight is 179 g/mol. The molecule has 1 N–H and O–H groups in total. The van der Waals surface area contributed by atoms with Gasteiger partial charge in [0.1, 0.15) is 18.1 Å². The number of ether oxygens (including phenoxy) is 1. The fourth-order valence-electron chi connectivity index (χ4n) is 0.991. The van der Waals surface area contributed by atoms with Gasteiger partial charge in [0, 0.05) is 5.69 Å². The maximum absolute atomic E-state index is 8.97. The van der Waals surface area contributed by atoms with Crippen LogP contribution in [-0.2, 0) is 6.61 Å². The van der Waals surface area contributed by atoms with Crippen molar-refractivity contribution in [1.82, 2.24) is 4.98 Å². The topological polar surface area (TPSA) is 42.4 Å². The molecule has 1 aromatic rings. The second-order valence-electron chi connectivity index (χ2n) is 2.66. The van der Waals surface area contributed by atoms with Crippen molar-refractivity contribution in [1.29, 1.82) is 0 Å². The number of hydrogen-bond acceptors (Lipinski definition) is 3. The highest BCUT2D eigenvalue weighted by Gasteiger charge is 2.03. The van der Waals surface area contributed by atoms with Crippen LogP contribution in [0.5, 0.6) is 5.75 Å². The first-order chi connectivity index (χ1) is 6.27. The van der Waals surface area contributed by atoms with E-state index in [1.165, 1.54) is 0 Å². The molecule has 1 aromatic heterocycles. The minimum atomic E-state index is -0.103. The van der Waals surface area contributed by atoms with E-state index in [1.807, 2.05) is 13.0 Å². The van der Waals surface area contributed by atoms with Crippen LogP contribution in [0.2, 0.25) is 0 Å². The molecule has 0 saturated carbocycles. The first-order valence-corrected chi connectivity index (χ1v) is 4.09. The number of aliphatic hydroxyl groups excluding tert-OH is 1. The Balaban J connectivity index is 2.85. The number of hydrogen-bond donors (Lipinski definition) is 1. The average Bonchev–Trinajstić information content (AvgIpc) is 2.16. The van der Waals surface area contributed by atoms with Gasteiger partial charge in [-0.1, -0.05) is 12.7 Å². The monoisotopic (exact) mass is 179 g/mol. The molecular formula is C10H13NO2. The quantitative estimate of drug-likeness (QED) is 0.711. The summed E-state index contributed by atoms with van der Waals surface area (Å²) in [4.78, 5) is 4.14. The van der Waals surface area contributed by atoms with Crippen molar-refractivity contribution in [2.24, 2.45) is 0 Å². The zero-order valence-corrected chi connectivity index (χ0v) is 7.66. The lowest BCUT2D eigenvalue weighted by Gasteiger charge is -2.07. The van der Waals surface area contributed by atoms with Crippen LogP contribution in [0.1, 0.15) is 11.4 Å². The summed E-state index contributed by atoms with van der Waals surface area (Å²) in [5.41, 5.74) is 1.44. The molecule has 3 nitrogen and oxygen atoms in total. The van der Waals surface area contributed by atoms with E-state index in [2.05, 4.69) is 11.6 Å². The van der Waals surface area contributed by atoms with E-state index in [4.69, 9.17) is 9.84 Å². The van der Waals surface area contributed by atoms with Crippen LogP contribution in [0.3, 0.4) is 0 Å². The third-order valence-corrected chi connectivity index (χ3v) is 1.58. The lowest BCUT2D eigenvalue weighted by molar-refractivity contribution is 0.264. The van der Waals surface area contributed by atoms with E-state index >= 15 is 0 Å². The van der Waals surface area contributed by atoms with Crippen molar-refractivity contribution in [2.75, 3.05) is 6.61 Å². The minimum Gasteiger partial charge on any atom is -0.488 e. The predicted molar refractivity (Wildman–Crippen MR) is 50.6 cm³/mol. The summed E-state index contributed by atoms with van der Waals surface area (Å²) < 4.78 is 5.29. The molecule has 0 spiro atoms. The molecule has 0 aliphatic carbocycles. The van der Waals surface area contributed by atoms with Crippen LogP contribution in [0.15, 0.2) is 24.8 Å². The summed E-state index contributed by atoms with van der Waals surface area (Å²) in [5, 5.41) is 8.97.